The minimum Gasteiger partial charge on any atom is -0.265 e. The molecule has 0 N–H and O–H groups in total. The van der Waals surface area contributed by atoms with Crippen LogP contribution in [0.25, 0.3) is 88.9 Å². The highest BCUT2D eigenvalue weighted by atomic mass is 14.7. The Morgan fingerprint density at radius 3 is 1.31 bits per heavy atom. The predicted molar refractivity (Wildman–Crippen MR) is 218 cm³/mol. The molecule has 0 spiro atoms. The molecule has 0 radical (unpaired) electrons. The second-order valence-corrected chi connectivity index (χ2v) is 13.0. The second kappa shape index (κ2) is 13.8. The molecule has 244 valence electrons. The summed E-state index contributed by atoms with van der Waals surface area (Å²) in [6.45, 7) is 0. The lowest BCUT2D eigenvalue weighted by Crippen LogP contribution is -1.92. The number of benzene rings is 7. The van der Waals surface area contributed by atoms with Crippen molar-refractivity contribution in [3.8, 4) is 78.0 Å². The number of hydrogen-bond acceptors (Lipinski definition) is 2. The summed E-state index contributed by atoms with van der Waals surface area (Å²) < 4.78 is 0. The third-order valence-electron chi connectivity index (χ3n) is 9.78. The molecule has 2 heteroatoms. The molecular formula is C50H34N2. The second-order valence-electron chi connectivity index (χ2n) is 13.0. The Kier molecular flexibility index (Phi) is 8.24. The first kappa shape index (κ1) is 31.1. The first-order chi connectivity index (χ1) is 25.8. The van der Waals surface area contributed by atoms with Crippen molar-refractivity contribution in [2.45, 2.75) is 0 Å². The zero-order valence-electron chi connectivity index (χ0n) is 28.5. The summed E-state index contributed by atoms with van der Waals surface area (Å²) >= 11 is 0. The van der Waals surface area contributed by atoms with Gasteiger partial charge in [-0.15, -0.1) is 0 Å². The Balaban J connectivity index is 1.08. The lowest BCUT2D eigenvalue weighted by Gasteiger charge is -2.15. The Morgan fingerprint density at radius 2 is 0.712 bits per heavy atom. The quantitative estimate of drug-likeness (QED) is 0.170. The minimum atomic E-state index is 0.946. The molecule has 0 bridgehead atoms. The van der Waals surface area contributed by atoms with Crippen LogP contribution in [0, 0.1) is 0 Å². The van der Waals surface area contributed by atoms with E-state index in [2.05, 4.69) is 199 Å². The summed E-state index contributed by atoms with van der Waals surface area (Å²) in [7, 11) is 0. The van der Waals surface area contributed by atoms with Crippen LogP contribution in [0.15, 0.2) is 207 Å². The van der Waals surface area contributed by atoms with Crippen LogP contribution >= 0.6 is 0 Å². The van der Waals surface area contributed by atoms with Crippen LogP contribution in [0.2, 0.25) is 0 Å². The van der Waals surface area contributed by atoms with Crippen molar-refractivity contribution in [3.05, 3.63) is 207 Å². The fourth-order valence-electron chi connectivity index (χ4n) is 7.17. The molecule has 9 aromatic rings. The standard InChI is InChI=1S/C50H34N2/c1-2-12-35(13-3-1)37-14-8-15-38(30-37)39-16-9-17-40(31-39)41-18-10-19-42(32-41)43-20-11-21-44(33-43)50-34-48(47-24-6-7-25-49(47)52-50)46-23-5-4-22-45(46)36-26-28-51-29-27-36/h1-34H. The molecule has 9 rings (SSSR count). The lowest BCUT2D eigenvalue weighted by molar-refractivity contribution is 1.33. The van der Waals surface area contributed by atoms with Crippen molar-refractivity contribution in [2.75, 3.05) is 0 Å². The largest absolute Gasteiger partial charge is 0.265 e. The molecule has 0 aliphatic rings. The molecule has 0 unspecified atom stereocenters. The maximum Gasteiger partial charge on any atom is 0.0716 e. The highest BCUT2D eigenvalue weighted by Crippen LogP contribution is 2.39. The molecule has 0 amide bonds. The van der Waals surface area contributed by atoms with Crippen LogP contribution in [-0.2, 0) is 0 Å². The van der Waals surface area contributed by atoms with Gasteiger partial charge < -0.3 is 0 Å². The van der Waals surface area contributed by atoms with E-state index in [0.717, 1.165) is 38.9 Å². The molecule has 0 aliphatic carbocycles. The van der Waals surface area contributed by atoms with Crippen LogP contribution in [0.5, 0.6) is 0 Å². The predicted octanol–water partition coefficient (Wildman–Crippen LogP) is 13.3. The van der Waals surface area contributed by atoms with Crippen molar-refractivity contribution in [3.63, 3.8) is 0 Å². The number of rotatable bonds is 7. The first-order valence-electron chi connectivity index (χ1n) is 17.6. The van der Waals surface area contributed by atoms with Gasteiger partial charge in [0, 0.05) is 23.3 Å². The third kappa shape index (κ3) is 6.19. The molecule has 2 heterocycles. The number of nitrogens with zero attached hydrogens (tertiary/aromatic N) is 2. The van der Waals surface area contributed by atoms with Gasteiger partial charge in [-0.25, -0.2) is 4.98 Å². The molecule has 0 fully saturated rings. The van der Waals surface area contributed by atoms with Crippen LogP contribution in [0.4, 0.5) is 0 Å². The van der Waals surface area contributed by atoms with Gasteiger partial charge in [-0.05, 0) is 115 Å². The van der Waals surface area contributed by atoms with Crippen molar-refractivity contribution >= 4 is 10.9 Å². The van der Waals surface area contributed by atoms with E-state index in [1.54, 1.807) is 0 Å². The van der Waals surface area contributed by atoms with Crippen LogP contribution in [-0.4, -0.2) is 9.97 Å². The number of pyridine rings is 2. The zero-order chi connectivity index (χ0) is 34.7. The fraction of sp³-hybridized carbons (Fsp3) is 0. The van der Waals surface area contributed by atoms with Gasteiger partial charge >= 0.3 is 0 Å². The zero-order valence-corrected chi connectivity index (χ0v) is 28.5. The monoisotopic (exact) mass is 662 g/mol. The van der Waals surface area contributed by atoms with Crippen LogP contribution < -0.4 is 0 Å². The van der Waals surface area contributed by atoms with Gasteiger partial charge in [-0.1, -0.05) is 146 Å². The summed E-state index contributed by atoms with van der Waals surface area (Å²) in [4.78, 5) is 9.44. The van der Waals surface area contributed by atoms with Gasteiger partial charge in [0.1, 0.15) is 0 Å². The lowest BCUT2D eigenvalue weighted by atomic mass is 9.91. The average molecular weight is 663 g/mol. The normalized spacial score (nSPS) is 11.1. The Hall–Kier alpha value is -6.90. The molecule has 0 saturated heterocycles. The van der Waals surface area contributed by atoms with E-state index in [9.17, 15) is 0 Å². The summed E-state index contributed by atoms with van der Waals surface area (Å²) in [5, 5.41) is 1.13. The van der Waals surface area contributed by atoms with Crippen molar-refractivity contribution < 1.29 is 0 Å². The summed E-state index contributed by atoms with van der Waals surface area (Å²) in [5.74, 6) is 0. The highest BCUT2D eigenvalue weighted by molar-refractivity contribution is 6.00. The molecule has 0 saturated carbocycles. The third-order valence-corrected chi connectivity index (χ3v) is 9.78. The van der Waals surface area contributed by atoms with E-state index in [-0.39, 0.29) is 0 Å². The average Bonchev–Trinajstić information content (AvgIpc) is 3.24. The van der Waals surface area contributed by atoms with Gasteiger partial charge in [-0.3, -0.25) is 4.98 Å². The van der Waals surface area contributed by atoms with Gasteiger partial charge in [0.05, 0.1) is 11.2 Å². The SMILES string of the molecule is c1ccc(-c2cccc(-c3cccc(-c4cccc(-c5cccc(-c6cc(-c7ccccc7-c7ccncc7)c7ccccc7n6)c5)c4)c3)c2)cc1. The fourth-order valence-corrected chi connectivity index (χ4v) is 7.17. The molecule has 0 atom stereocenters. The van der Waals surface area contributed by atoms with E-state index >= 15 is 0 Å². The minimum absolute atomic E-state index is 0.946. The van der Waals surface area contributed by atoms with Crippen molar-refractivity contribution in [1.82, 2.24) is 9.97 Å². The number of fused-ring (bicyclic) bond motifs is 1. The van der Waals surface area contributed by atoms with Crippen molar-refractivity contribution in [2.24, 2.45) is 0 Å². The van der Waals surface area contributed by atoms with Crippen molar-refractivity contribution in [1.29, 1.82) is 0 Å². The molecule has 52 heavy (non-hydrogen) atoms. The van der Waals surface area contributed by atoms with E-state index in [4.69, 9.17) is 4.98 Å². The number of hydrogen-bond donors (Lipinski definition) is 0. The van der Waals surface area contributed by atoms with Gasteiger partial charge in [-0.2, -0.15) is 0 Å². The maximum absolute atomic E-state index is 5.19. The molecular weight excluding hydrogens is 629 g/mol. The van der Waals surface area contributed by atoms with Crippen LogP contribution in [0.3, 0.4) is 0 Å². The van der Waals surface area contributed by atoms with Crippen LogP contribution in [0.1, 0.15) is 0 Å². The van der Waals surface area contributed by atoms with Gasteiger partial charge in [0.25, 0.3) is 0 Å². The van der Waals surface area contributed by atoms with Gasteiger partial charge in [0.15, 0.2) is 0 Å². The molecule has 2 aromatic heterocycles. The Morgan fingerprint density at radius 1 is 0.269 bits per heavy atom. The van der Waals surface area contributed by atoms with E-state index < -0.39 is 0 Å². The number of para-hydroxylation sites is 1. The van der Waals surface area contributed by atoms with E-state index in [1.165, 1.54) is 50.1 Å². The Labute approximate surface area is 304 Å². The first-order valence-corrected chi connectivity index (χ1v) is 17.6. The summed E-state index contributed by atoms with van der Waals surface area (Å²) in [5.41, 5.74) is 17.2. The highest BCUT2D eigenvalue weighted by Gasteiger charge is 2.14. The summed E-state index contributed by atoms with van der Waals surface area (Å²) in [6.07, 6.45) is 3.70. The van der Waals surface area contributed by atoms with E-state index in [0.29, 0.717) is 0 Å². The topological polar surface area (TPSA) is 25.8 Å². The maximum atomic E-state index is 5.19. The van der Waals surface area contributed by atoms with E-state index in [1.807, 2.05) is 12.4 Å². The number of aromatic nitrogens is 2. The summed E-state index contributed by atoms with van der Waals surface area (Å²) in [6, 6.07) is 69.2. The molecule has 2 nitrogen and oxygen atoms in total. The van der Waals surface area contributed by atoms with Gasteiger partial charge in [0.2, 0.25) is 0 Å². The molecule has 0 aliphatic heterocycles. The Bertz CT molecular complexity index is 2680. The molecule has 7 aromatic carbocycles. The smallest absolute Gasteiger partial charge is 0.0716 e.